The smallest absolute Gasteiger partial charge is 0.269 e. The molecule has 0 unspecified atom stereocenters. The summed E-state index contributed by atoms with van der Waals surface area (Å²) in [5, 5.41) is 13.9. The lowest BCUT2D eigenvalue weighted by Crippen LogP contribution is -1.91. The molecule has 0 radical (unpaired) electrons. The van der Waals surface area contributed by atoms with Crippen LogP contribution in [0.1, 0.15) is 5.56 Å². The lowest BCUT2D eigenvalue weighted by atomic mass is 10.0. The van der Waals surface area contributed by atoms with Gasteiger partial charge in [-0.25, -0.2) is 0 Å². The van der Waals surface area contributed by atoms with E-state index in [1.807, 2.05) is 0 Å². The van der Waals surface area contributed by atoms with E-state index in [-0.39, 0.29) is 10.6 Å². The predicted octanol–water partition coefficient (Wildman–Crippen LogP) is 3.23. The number of nitrogens with zero attached hydrogens (tertiary/aromatic N) is 1. The van der Waals surface area contributed by atoms with Gasteiger partial charge in [-0.3, -0.25) is 10.1 Å². The summed E-state index contributed by atoms with van der Waals surface area (Å²) in [5.41, 5.74) is 4.71. The van der Waals surface area contributed by atoms with Crippen LogP contribution in [0.2, 0.25) is 0 Å². The van der Waals surface area contributed by atoms with E-state index in [0.717, 1.165) is 24.1 Å². The van der Waals surface area contributed by atoms with Crippen molar-refractivity contribution in [3.8, 4) is 11.1 Å². The van der Waals surface area contributed by atoms with Gasteiger partial charge in [0.05, 0.1) is 4.92 Å². The number of benzene rings is 2. The van der Waals surface area contributed by atoms with Crippen molar-refractivity contribution in [1.82, 2.24) is 0 Å². The first-order valence-electron chi connectivity index (χ1n) is 5.86. The van der Waals surface area contributed by atoms with Crippen molar-refractivity contribution in [2.75, 3.05) is 11.9 Å². The van der Waals surface area contributed by atoms with Gasteiger partial charge in [-0.15, -0.1) is 0 Å². The molecule has 1 aliphatic rings. The third-order valence-electron chi connectivity index (χ3n) is 3.23. The molecule has 4 heteroatoms. The van der Waals surface area contributed by atoms with Gasteiger partial charge in [0.1, 0.15) is 0 Å². The Morgan fingerprint density at radius 3 is 2.50 bits per heavy atom. The zero-order chi connectivity index (χ0) is 12.5. The molecule has 18 heavy (non-hydrogen) atoms. The topological polar surface area (TPSA) is 55.2 Å². The molecule has 0 saturated heterocycles. The van der Waals surface area contributed by atoms with E-state index in [9.17, 15) is 10.1 Å². The highest BCUT2D eigenvalue weighted by Crippen LogP contribution is 2.29. The van der Waals surface area contributed by atoms with Crippen molar-refractivity contribution in [2.24, 2.45) is 0 Å². The number of hydrogen-bond donors (Lipinski definition) is 1. The van der Waals surface area contributed by atoms with E-state index in [2.05, 4.69) is 23.5 Å². The highest BCUT2D eigenvalue weighted by molar-refractivity contribution is 5.71. The van der Waals surface area contributed by atoms with Crippen LogP contribution in [0.15, 0.2) is 42.5 Å². The van der Waals surface area contributed by atoms with Crippen LogP contribution in [0.25, 0.3) is 11.1 Å². The van der Waals surface area contributed by atoms with Gasteiger partial charge < -0.3 is 5.32 Å². The summed E-state index contributed by atoms with van der Waals surface area (Å²) in [7, 11) is 0. The molecule has 1 aliphatic heterocycles. The molecule has 0 spiro atoms. The fourth-order valence-electron chi connectivity index (χ4n) is 2.25. The molecule has 0 amide bonds. The minimum Gasteiger partial charge on any atom is -0.384 e. The minimum absolute atomic E-state index is 0.123. The largest absolute Gasteiger partial charge is 0.384 e. The second-order valence-corrected chi connectivity index (χ2v) is 4.35. The summed E-state index contributed by atoms with van der Waals surface area (Å²) in [5.74, 6) is 0. The van der Waals surface area contributed by atoms with Crippen molar-refractivity contribution in [2.45, 2.75) is 6.42 Å². The van der Waals surface area contributed by atoms with Gasteiger partial charge in [0.25, 0.3) is 5.69 Å². The summed E-state index contributed by atoms with van der Waals surface area (Å²) in [4.78, 5) is 10.2. The first kappa shape index (κ1) is 10.8. The Morgan fingerprint density at radius 2 is 1.78 bits per heavy atom. The Kier molecular flexibility index (Phi) is 2.48. The number of nitro benzene ring substituents is 1. The van der Waals surface area contributed by atoms with E-state index >= 15 is 0 Å². The van der Waals surface area contributed by atoms with Crippen LogP contribution in [0.4, 0.5) is 11.4 Å². The van der Waals surface area contributed by atoms with Gasteiger partial charge in [0, 0.05) is 24.4 Å². The molecule has 3 rings (SSSR count). The van der Waals surface area contributed by atoms with Crippen molar-refractivity contribution in [3.63, 3.8) is 0 Å². The van der Waals surface area contributed by atoms with Crippen LogP contribution in [-0.2, 0) is 6.42 Å². The van der Waals surface area contributed by atoms with Gasteiger partial charge in [0.2, 0.25) is 0 Å². The summed E-state index contributed by atoms with van der Waals surface area (Å²) in [6, 6.07) is 12.9. The molecular formula is C14H12N2O2. The second-order valence-electron chi connectivity index (χ2n) is 4.35. The van der Waals surface area contributed by atoms with Crippen molar-refractivity contribution >= 4 is 11.4 Å². The van der Waals surface area contributed by atoms with Crippen molar-refractivity contribution < 1.29 is 4.92 Å². The zero-order valence-corrected chi connectivity index (χ0v) is 9.72. The number of anilines is 1. The molecule has 0 aliphatic carbocycles. The van der Waals surface area contributed by atoms with E-state index in [0.29, 0.717) is 0 Å². The number of rotatable bonds is 2. The van der Waals surface area contributed by atoms with Gasteiger partial charge in [-0.1, -0.05) is 12.1 Å². The fourth-order valence-corrected chi connectivity index (χ4v) is 2.25. The molecule has 0 atom stereocenters. The average Bonchev–Trinajstić information content (AvgIpc) is 2.86. The Hall–Kier alpha value is -2.36. The van der Waals surface area contributed by atoms with Crippen LogP contribution < -0.4 is 5.32 Å². The number of nitro groups is 1. The third-order valence-corrected chi connectivity index (χ3v) is 3.23. The van der Waals surface area contributed by atoms with Gasteiger partial charge in [0.15, 0.2) is 0 Å². The molecular weight excluding hydrogens is 228 g/mol. The summed E-state index contributed by atoms with van der Waals surface area (Å²) in [6.07, 6.45) is 1.07. The molecule has 0 aromatic heterocycles. The van der Waals surface area contributed by atoms with Crippen LogP contribution in [0.3, 0.4) is 0 Å². The van der Waals surface area contributed by atoms with Crippen LogP contribution in [0, 0.1) is 10.1 Å². The second kappa shape index (κ2) is 4.14. The molecule has 0 fully saturated rings. The van der Waals surface area contributed by atoms with Crippen LogP contribution >= 0.6 is 0 Å². The van der Waals surface area contributed by atoms with Crippen LogP contribution in [-0.4, -0.2) is 11.5 Å². The standard InChI is InChI=1S/C14H12N2O2/c17-16(18)13-5-3-10(4-6-13)12-2-1-11-7-8-15-14(11)9-12/h1-6,9,15H,7-8H2. The fraction of sp³-hybridized carbons (Fsp3) is 0.143. The Balaban J connectivity index is 1.97. The molecule has 2 aromatic carbocycles. The Bertz CT molecular complexity index is 606. The average molecular weight is 240 g/mol. The first-order chi connectivity index (χ1) is 8.74. The van der Waals surface area contributed by atoms with Crippen molar-refractivity contribution in [3.05, 3.63) is 58.1 Å². The van der Waals surface area contributed by atoms with E-state index in [1.165, 1.54) is 23.4 Å². The molecule has 1 N–H and O–H groups in total. The predicted molar refractivity (Wildman–Crippen MR) is 70.7 cm³/mol. The molecule has 1 heterocycles. The Morgan fingerprint density at radius 1 is 1.06 bits per heavy atom. The highest BCUT2D eigenvalue weighted by atomic mass is 16.6. The lowest BCUT2D eigenvalue weighted by Gasteiger charge is -2.05. The van der Waals surface area contributed by atoms with Gasteiger partial charge in [-0.05, 0) is 41.3 Å². The maximum atomic E-state index is 10.6. The normalized spacial score (nSPS) is 12.9. The van der Waals surface area contributed by atoms with Crippen molar-refractivity contribution in [1.29, 1.82) is 0 Å². The number of nitrogens with one attached hydrogen (secondary N) is 1. The van der Waals surface area contributed by atoms with E-state index in [4.69, 9.17) is 0 Å². The maximum absolute atomic E-state index is 10.6. The molecule has 2 aromatic rings. The molecule has 90 valence electrons. The molecule has 0 saturated carbocycles. The van der Waals surface area contributed by atoms with E-state index < -0.39 is 0 Å². The number of hydrogen-bond acceptors (Lipinski definition) is 3. The van der Waals surface area contributed by atoms with Gasteiger partial charge >= 0.3 is 0 Å². The van der Waals surface area contributed by atoms with E-state index in [1.54, 1.807) is 12.1 Å². The summed E-state index contributed by atoms with van der Waals surface area (Å²) < 4.78 is 0. The highest BCUT2D eigenvalue weighted by Gasteiger charge is 2.11. The lowest BCUT2D eigenvalue weighted by molar-refractivity contribution is -0.384. The number of fused-ring (bicyclic) bond motifs is 1. The molecule has 4 nitrogen and oxygen atoms in total. The minimum atomic E-state index is -0.381. The maximum Gasteiger partial charge on any atom is 0.269 e. The van der Waals surface area contributed by atoms with Crippen LogP contribution in [0.5, 0.6) is 0 Å². The molecule has 0 bridgehead atoms. The first-order valence-corrected chi connectivity index (χ1v) is 5.86. The SMILES string of the molecule is O=[N+]([O-])c1ccc(-c2ccc3c(c2)NCC3)cc1. The third kappa shape index (κ3) is 1.82. The Labute approximate surface area is 104 Å². The summed E-state index contributed by atoms with van der Waals surface area (Å²) in [6.45, 7) is 0.985. The summed E-state index contributed by atoms with van der Waals surface area (Å²) >= 11 is 0. The van der Waals surface area contributed by atoms with Gasteiger partial charge in [-0.2, -0.15) is 0 Å². The zero-order valence-electron chi connectivity index (χ0n) is 9.72. The quantitative estimate of drug-likeness (QED) is 0.647. The monoisotopic (exact) mass is 240 g/mol. The number of non-ortho nitro benzene ring substituents is 1.